The van der Waals surface area contributed by atoms with Gasteiger partial charge >= 0.3 is 0 Å². The molecular weight excluding hydrogens is 224 g/mol. The van der Waals surface area contributed by atoms with E-state index in [0.717, 1.165) is 5.56 Å². The average Bonchev–Trinajstić information content (AvgIpc) is 2.19. The number of hydrogen-bond acceptors (Lipinski definition) is 3. The van der Waals surface area contributed by atoms with Crippen LogP contribution < -0.4 is 4.72 Å². The van der Waals surface area contributed by atoms with Gasteiger partial charge in [-0.05, 0) is 18.6 Å². The van der Waals surface area contributed by atoms with Crippen molar-refractivity contribution in [2.75, 3.05) is 5.21 Å². The van der Waals surface area contributed by atoms with Gasteiger partial charge in [0.25, 0.3) is 0 Å². The van der Waals surface area contributed by atoms with E-state index in [0.29, 0.717) is 0 Å². The Morgan fingerprint density at radius 3 is 2.86 bits per heavy atom. The van der Waals surface area contributed by atoms with E-state index in [2.05, 4.69) is 9.71 Å². The van der Waals surface area contributed by atoms with Gasteiger partial charge in [0.05, 0.1) is 0 Å². The Balaban J connectivity index is 2.74. The molecule has 78 valence electrons. The van der Waals surface area contributed by atoms with Crippen LogP contribution in [0.5, 0.6) is 0 Å². The van der Waals surface area contributed by atoms with Crippen LogP contribution >= 0.6 is 11.6 Å². The molecule has 1 aromatic heterocycles. The van der Waals surface area contributed by atoms with E-state index in [-0.39, 0.29) is 6.04 Å². The fraction of sp³-hybridized carbons (Fsp3) is 0.375. The number of alkyl halides is 1. The second-order valence-corrected chi connectivity index (χ2v) is 5.19. The Kier molecular flexibility index (Phi) is 3.86. The lowest BCUT2D eigenvalue weighted by molar-refractivity contribution is 0.571. The summed E-state index contributed by atoms with van der Waals surface area (Å²) in [5.41, 5.74) is 0.807. The molecule has 1 N–H and O–H groups in total. The third kappa shape index (κ3) is 3.25. The standard InChI is InChI=1S/C8H11ClN2O2S/c1-7(11-14(12,13)6-9)8-3-2-4-10-5-8/h2-5,7,11H,6H2,1H3/t7-/m1/s1. The SMILES string of the molecule is C[C@@H](NS(=O)(=O)CCl)c1cccnc1. The van der Waals surface area contributed by atoms with E-state index in [1.54, 1.807) is 31.5 Å². The van der Waals surface area contributed by atoms with E-state index in [1.807, 2.05) is 0 Å². The first kappa shape index (κ1) is 11.4. The van der Waals surface area contributed by atoms with Crippen molar-refractivity contribution in [3.05, 3.63) is 30.1 Å². The molecule has 4 nitrogen and oxygen atoms in total. The average molecular weight is 235 g/mol. The van der Waals surface area contributed by atoms with Crippen LogP contribution in [0.25, 0.3) is 0 Å². The van der Waals surface area contributed by atoms with Crippen molar-refractivity contribution in [1.82, 2.24) is 9.71 Å². The van der Waals surface area contributed by atoms with Crippen LogP contribution in [0.2, 0.25) is 0 Å². The fourth-order valence-corrected chi connectivity index (χ4v) is 1.93. The second kappa shape index (κ2) is 4.72. The van der Waals surface area contributed by atoms with Crippen molar-refractivity contribution in [2.24, 2.45) is 0 Å². The molecule has 0 aliphatic heterocycles. The lowest BCUT2D eigenvalue weighted by Crippen LogP contribution is -2.27. The van der Waals surface area contributed by atoms with Gasteiger partial charge in [-0.25, -0.2) is 13.1 Å². The second-order valence-electron chi connectivity index (χ2n) is 2.85. The van der Waals surface area contributed by atoms with Gasteiger partial charge in [-0.2, -0.15) is 0 Å². The number of hydrogen-bond donors (Lipinski definition) is 1. The molecule has 0 aromatic carbocycles. The number of pyridine rings is 1. The first-order valence-corrected chi connectivity index (χ1v) is 6.20. The van der Waals surface area contributed by atoms with E-state index in [9.17, 15) is 8.42 Å². The zero-order chi connectivity index (χ0) is 10.6. The Hall–Kier alpha value is -0.650. The molecule has 0 amide bonds. The summed E-state index contributed by atoms with van der Waals surface area (Å²) in [5.74, 6) is 0. The van der Waals surface area contributed by atoms with Crippen LogP contribution in [0.3, 0.4) is 0 Å². The molecule has 0 bridgehead atoms. The molecule has 1 atom stereocenters. The highest BCUT2D eigenvalue weighted by Gasteiger charge is 2.13. The zero-order valence-electron chi connectivity index (χ0n) is 7.64. The van der Waals surface area contributed by atoms with Gasteiger partial charge < -0.3 is 0 Å². The number of rotatable bonds is 4. The Bertz CT molecular complexity index is 380. The third-order valence-corrected chi connectivity index (χ3v) is 3.55. The summed E-state index contributed by atoms with van der Waals surface area (Å²) in [6.45, 7) is 1.74. The maximum absolute atomic E-state index is 11.1. The number of sulfonamides is 1. The third-order valence-electron chi connectivity index (χ3n) is 1.68. The van der Waals surface area contributed by atoms with Gasteiger partial charge in [0.2, 0.25) is 10.0 Å². The molecule has 0 unspecified atom stereocenters. The van der Waals surface area contributed by atoms with Crippen molar-refractivity contribution in [1.29, 1.82) is 0 Å². The predicted octanol–water partition coefficient (Wildman–Crippen LogP) is 1.26. The van der Waals surface area contributed by atoms with Gasteiger partial charge in [0, 0.05) is 18.4 Å². The molecule has 14 heavy (non-hydrogen) atoms. The molecule has 6 heteroatoms. The maximum Gasteiger partial charge on any atom is 0.226 e. The largest absolute Gasteiger partial charge is 0.264 e. The van der Waals surface area contributed by atoms with Crippen molar-refractivity contribution < 1.29 is 8.42 Å². The fourth-order valence-electron chi connectivity index (χ4n) is 1.00. The van der Waals surface area contributed by atoms with E-state index >= 15 is 0 Å². The van der Waals surface area contributed by atoms with Crippen LogP contribution in [0, 0.1) is 0 Å². The lowest BCUT2D eigenvalue weighted by atomic mass is 10.2. The maximum atomic E-state index is 11.1. The summed E-state index contributed by atoms with van der Waals surface area (Å²) >= 11 is 5.26. The highest BCUT2D eigenvalue weighted by atomic mass is 35.5. The molecule has 1 rings (SSSR count). The molecule has 1 heterocycles. The van der Waals surface area contributed by atoms with Crippen LogP contribution in [0.4, 0.5) is 0 Å². The minimum atomic E-state index is -3.38. The first-order chi connectivity index (χ1) is 6.55. The molecule has 0 saturated heterocycles. The van der Waals surface area contributed by atoms with Crippen LogP contribution in [-0.4, -0.2) is 18.6 Å². The topological polar surface area (TPSA) is 59.1 Å². The zero-order valence-corrected chi connectivity index (χ0v) is 9.22. The summed E-state index contributed by atoms with van der Waals surface area (Å²) in [5, 5.41) is -0.433. The van der Waals surface area contributed by atoms with Gasteiger partial charge in [-0.15, -0.1) is 11.6 Å². The van der Waals surface area contributed by atoms with E-state index in [4.69, 9.17) is 11.6 Å². The molecule has 0 radical (unpaired) electrons. The smallest absolute Gasteiger partial charge is 0.226 e. The van der Waals surface area contributed by atoms with Gasteiger partial charge in [0.15, 0.2) is 0 Å². The van der Waals surface area contributed by atoms with E-state index < -0.39 is 15.2 Å². The molecular formula is C8H11ClN2O2S. The Morgan fingerprint density at radius 1 is 1.64 bits per heavy atom. The van der Waals surface area contributed by atoms with Crippen molar-refractivity contribution in [3.63, 3.8) is 0 Å². The highest BCUT2D eigenvalue weighted by molar-refractivity contribution is 7.90. The Morgan fingerprint density at radius 2 is 2.36 bits per heavy atom. The summed E-state index contributed by atoms with van der Waals surface area (Å²) in [4.78, 5) is 3.89. The van der Waals surface area contributed by atoms with Crippen LogP contribution in [-0.2, 0) is 10.0 Å². The summed E-state index contributed by atoms with van der Waals surface area (Å²) in [6.07, 6.45) is 3.24. The number of aromatic nitrogens is 1. The predicted molar refractivity (Wildman–Crippen MR) is 55.4 cm³/mol. The molecule has 0 saturated carbocycles. The number of halogens is 1. The normalized spacial score (nSPS) is 13.9. The summed E-state index contributed by atoms with van der Waals surface area (Å²) in [7, 11) is -3.38. The van der Waals surface area contributed by atoms with Gasteiger partial charge in [-0.3, -0.25) is 4.98 Å². The number of nitrogens with one attached hydrogen (secondary N) is 1. The summed E-state index contributed by atoms with van der Waals surface area (Å²) in [6, 6.07) is 3.24. The monoisotopic (exact) mass is 234 g/mol. The minimum Gasteiger partial charge on any atom is -0.264 e. The summed E-state index contributed by atoms with van der Waals surface area (Å²) < 4.78 is 24.7. The Labute approximate surface area is 88.4 Å². The molecule has 1 aromatic rings. The van der Waals surface area contributed by atoms with Crippen LogP contribution in [0.1, 0.15) is 18.5 Å². The van der Waals surface area contributed by atoms with Gasteiger partial charge in [0.1, 0.15) is 5.21 Å². The first-order valence-electron chi connectivity index (χ1n) is 4.01. The van der Waals surface area contributed by atoms with Crippen molar-refractivity contribution in [3.8, 4) is 0 Å². The van der Waals surface area contributed by atoms with Crippen molar-refractivity contribution >= 4 is 21.6 Å². The quantitative estimate of drug-likeness (QED) is 0.798. The van der Waals surface area contributed by atoms with E-state index in [1.165, 1.54) is 0 Å². The molecule has 0 spiro atoms. The molecule has 0 aliphatic rings. The molecule has 0 fully saturated rings. The van der Waals surface area contributed by atoms with Crippen LogP contribution in [0.15, 0.2) is 24.5 Å². The lowest BCUT2D eigenvalue weighted by Gasteiger charge is -2.12. The highest BCUT2D eigenvalue weighted by Crippen LogP contribution is 2.11. The number of nitrogens with zero attached hydrogens (tertiary/aromatic N) is 1. The van der Waals surface area contributed by atoms with Crippen molar-refractivity contribution in [2.45, 2.75) is 13.0 Å². The van der Waals surface area contributed by atoms with Gasteiger partial charge in [-0.1, -0.05) is 6.07 Å². The minimum absolute atomic E-state index is 0.313. The molecule has 0 aliphatic carbocycles.